The van der Waals surface area contributed by atoms with Crippen LogP contribution in [-0.4, -0.2) is 57.8 Å². The van der Waals surface area contributed by atoms with Crippen LogP contribution in [0.5, 0.6) is 5.75 Å². The Morgan fingerprint density at radius 2 is 1.80 bits per heavy atom. The average molecular weight is 644 g/mol. The Hall–Kier alpha value is -3.76. The van der Waals surface area contributed by atoms with Crippen molar-refractivity contribution in [3.63, 3.8) is 0 Å². The van der Waals surface area contributed by atoms with E-state index in [4.69, 9.17) is 14.1 Å². The van der Waals surface area contributed by atoms with E-state index in [1.165, 1.54) is 0 Å². The summed E-state index contributed by atoms with van der Waals surface area (Å²) in [6.07, 6.45) is 8.36. The number of H-pyrrole nitrogens is 1. The molecule has 3 aromatic heterocycles. The molecule has 9 nitrogen and oxygen atoms in total. The molecule has 0 aliphatic heterocycles. The lowest BCUT2D eigenvalue weighted by atomic mass is 9.92. The second-order valence-electron chi connectivity index (χ2n) is 14.4. The first-order chi connectivity index (χ1) is 21.8. The number of benzene rings is 1. The molecule has 0 radical (unpaired) electrons. The second-order valence-corrected chi connectivity index (χ2v) is 19.2. The van der Waals surface area contributed by atoms with Gasteiger partial charge in [-0.05, 0) is 68.6 Å². The summed E-state index contributed by atoms with van der Waals surface area (Å²) in [4.78, 5) is 42.5. The van der Waals surface area contributed by atoms with E-state index in [0.29, 0.717) is 25.4 Å². The molecule has 4 aromatic rings. The highest BCUT2D eigenvalue weighted by Crippen LogP contribution is 2.41. The van der Waals surface area contributed by atoms with Crippen LogP contribution in [0.25, 0.3) is 11.0 Å². The van der Waals surface area contributed by atoms with Crippen LogP contribution in [-0.2, 0) is 23.0 Å². The highest BCUT2D eigenvalue weighted by molar-refractivity contribution is 6.74. The molecule has 10 heteroatoms. The normalized spacial score (nSPS) is 15.0. The van der Waals surface area contributed by atoms with Crippen LogP contribution in [0.15, 0.2) is 65.7 Å². The summed E-state index contributed by atoms with van der Waals surface area (Å²) in [7, 11) is -2.02. The van der Waals surface area contributed by atoms with Crippen LogP contribution in [0.1, 0.15) is 82.2 Å². The highest BCUT2D eigenvalue weighted by Gasteiger charge is 2.39. The van der Waals surface area contributed by atoms with Gasteiger partial charge >= 0.3 is 0 Å². The molecule has 0 unspecified atom stereocenters. The Morgan fingerprint density at radius 1 is 1.09 bits per heavy atom. The van der Waals surface area contributed by atoms with Gasteiger partial charge in [-0.25, -0.2) is 9.97 Å². The fraction of sp³-hybridized carbons (Fsp3) is 0.500. The average Bonchev–Trinajstić information content (AvgIpc) is 3.66. The molecule has 1 amide bonds. The van der Waals surface area contributed by atoms with E-state index in [9.17, 15) is 9.59 Å². The number of nitrogens with one attached hydrogen (secondary N) is 1. The Bertz CT molecular complexity index is 1700. The van der Waals surface area contributed by atoms with Gasteiger partial charge in [-0.1, -0.05) is 63.9 Å². The number of hydrogen-bond acceptors (Lipinski definition) is 6. The summed E-state index contributed by atoms with van der Waals surface area (Å²) < 4.78 is 14.8. The molecule has 1 N–H and O–H groups in total. The minimum absolute atomic E-state index is 0.0411. The third kappa shape index (κ3) is 7.13. The summed E-state index contributed by atoms with van der Waals surface area (Å²) in [5.74, 6) is 0.0845. The molecule has 1 saturated carbocycles. The molecule has 1 aliphatic rings. The number of aromatic nitrogens is 4. The van der Waals surface area contributed by atoms with Crippen molar-refractivity contribution in [1.29, 1.82) is 0 Å². The number of carbonyl (C=O) groups excluding carboxylic acids is 1. The topological polar surface area (TPSA) is 102 Å². The lowest BCUT2D eigenvalue weighted by Gasteiger charge is -2.37. The Kier molecular flexibility index (Phi) is 9.88. The lowest BCUT2D eigenvalue weighted by molar-refractivity contribution is 0.0657. The van der Waals surface area contributed by atoms with E-state index in [1.54, 1.807) is 4.90 Å². The first kappa shape index (κ1) is 33.6. The number of hydrogen-bond donors (Lipinski definition) is 1. The zero-order chi connectivity index (χ0) is 33.1. The fourth-order valence-electron chi connectivity index (χ4n) is 6.14. The van der Waals surface area contributed by atoms with Gasteiger partial charge in [0.1, 0.15) is 18.1 Å². The smallest absolute Gasteiger partial charge is 0.294 e. The molecule has 46 heavy (non-hydrogen) atoms. The summed E-state index contributed by atoms with van der Waals surface area (Å²) in [5.41, 5.74) is 1.09. The molecule has 0 spiro atoms. The largest absolute Gasteiger partial charge is 0.481 e. The van der Waals surface area contributed by atoms with Crippen molar-refractivity contribution in [2.45, 2.75) is 103 Å². The van der Waals surface area contributed by atoms with Gasteiger partial charge in [-0.3, -0.25) is 9.59 Å². The standard InChI is InChI=1S/C36H49N5O4Si/c1-26(2)40(22-23-45-46(6,7)35(3,4)5)34(43)30-31(44-25-27-14-9-8-10-15-27)33(42)39-29(38-30)24-36(18-11-12-19-36)41-21-17-28-16-13-20-37-32(28)41/h8-10,13-17,20-21,26H,11-12,18-19,22-25H2,1-7H3,(H,38,39,42). The molecule has 1 aliphatic carbocycles. The van der Waals surface area contributed by atoms with Crippen molar-refractivity contribution in [1.82, 2.24) is 24.4 Å². The zero-order valence-corrected chi connectivity index (χ0v) is 29.4. The highest BCUT2D eigenvalue weighted by atomic mass is 28.4. The summed E-state index contributed by atoms with van der Waals surface area (Å²) in [5, 5.41) is 1.13. The zero-order valence-electron chi connectivity index (χ0n) is 28.4. The molecule has 0 saturated heterocycles. The molecule has 1 fully saturated rings. The maximum atomic E-state index is 14.4. The number of amides is 1. The molecule has 246 valence electrons. The third-order valence-corrected chi connectivity index (χ3v) is 14.4. The van der Waals surface area contributed by atoms with Crippen LogP contribution in [0.4, 0.5) is 0 Å². The number of carbonyl (C=O) groups is 1. The fourth-order valence-corrected chi connectivity index (χ4v) is 7.18. The van der Waals surface area contributed by atoms with Crippen LogP contribution in [0.3, 0.4) is 0 Å². The van der Waals surface area contributed by atoms with E-state index in [1.807, 2.05) is 56.4 Å². The minimum Gasteiger partial charge on any atom is -0.481 e. The number of aromatic amines is 1. The summed E-state index contributed by atoms with van der Waals surface area (Å²) >= 11 is 0. The predicted molar refractivity (Wildman–Crippen MR) is 185 cm³/mol. The van der Waals surface area contributed by atoms with Crippen molar-refractivity contribution in [2.24, 2.45) is 0 Å². The summed E-state index contributed by atoms with van der Waals surface area (Å²) in [6.45, 7) is 15.9. The summed E-state index contributed by atoms with van der Waals surface area (Å²) in [6, 6.07) is 15.6. The number of rotatable bonds is 12. The lowest BCUT2D eigenvalue weighted by Crippen LogP contribution is -2.45. The van der Waals surface area contributed by atoms with E-state index in [2.05, 4.69) is 66.7 Å². The molecule has 0 bridgehead atoms. The third-order valence-electron chi connectivity index (χ3n) is 9.83. The van der Waals surface area contributed by atoms with Crippen molar-refractivity contribution in [2.75, 3.05) is 13.2 Å². The number of ether oxygens (including phenoxy) is 1. The van der Waals surface area contributed by atoms with Crippen molar-refractivity contribution < 1.29 is 14.0 Å². The maximum Gasteiger partial charge on any atom is 0.294 e. The van der Waals surface area contributed by atoms with Gasteiger partial charge in [0.25, 0.3) is 11.5 Å². The van der Waals surface area contributed by atoms with Gasteiger partial charge in [0, 0.05) is 36.8 Å². The first-order valence-corrected chi connectivity index (χ1v) is 19.4. The van der Waals surface area contributed by atoms with E-state index < -0.39 is 13.9 Å². The molecule has 5 rings (SSSR count). The van der Waals surface area contributed by atoms with Gasteiger partial charge in [0.2, 0.25) is 5.75 Å². The van der Waals surface area contributed by atoms with Gasteiger partial charge in [-0.15, -0.1) is 0 Å². The number of nitrogens with zero attached hydrogens (tertiary/aromatic N) is 4. The van der Waals surface area contributed by atoms with Gasteiger partial charge < -0.3 is 23.6 Å². The van der Waals surface area contributed by atoms with Crippen LogP contribution >= 0.6 is 0 Å². The maximum absolute atomic E-state index is 14.4. The predicted octanol–water partition coefficient (Wildman–Crippen LogP) is 7.08. The van der Waals surface area contributed by atoms with Crippen LogP contribution in [0, 0.1) is 0 Å². The van der Waals surface area contributed by atoms with E-state index in [0.717, 1.165) is 42.3 Å². The minimum atomic E-state index is -2.02. The van der Waals surface area contributed by atoms with Gasteiger partial charge in [-0.2, -0.15) is 0 Å². The van der Waals surface area contributed by atoms with E-state index >= 15 is 0 Å². The Morgan fingerprint density at radius 3 is 2.48 bits per heavy atom. The quantitative estimate of drug-likeness (QED) is 0.166. The second kappa shape index (κ2) is 13.5. The molecule has 3 heterocycles. The van der Waals surface area contributed by atoms with Crippen LogP contribution < -0.4 is 10.3 Å². The van der Waals surface area contributed by atoms with E-state index in [-0.39, 0.29) is 40.6 Å². The van der Waals surface area contributed by atoms with Gasteiger partial charge in [0.05, 0.1) is 12.1 Å². The first-order valence-electron chi connectivity index (χ1n) is 16.5. The Balaban J connectivity index is 1.50. The SMILES string of the molecule is CC(C)N(CCO[Si](C)(C)C(C)(C)C)C(=O)c1nc(CC2(n3ccc4cccnc43)CCCC2)[nH]c(=O)c1OCc1ccccc1. The Labute approximate surface area is 273 Å². The van der Waals surface area contributed by atoms with Gasteiger partial charge in [0.15, 0.2) is 14.0 Å². The molecule has 1 aromatic carbocycles. The monoisotopic (exact) mass is 643 g/mol. The number of fused-ring (bicyclic) bond motifs is 1. The molecular formula is C36H49N5O4Si. The van der Waals surface area contributed by atoms with Crippen molar-refractivity contribution in [3.8, 4) is 5.75 Å². The molecule has 0 atom stereocenters. The molecular weight excluding hydrogens is 595 g/mol. The van der Waals surface area contributed by atoms with Crippen molar-refractivity contribution in [3.05, 3.63) is 88.4 Å². The van der Waals surface area contributed by atoms with Crippen molar-refractivity contribution >= 4 is 25.3 Å². The van der Waals surface area contributed by atoms with Crippen LogP contribution in [0.2, 0.25) is 18.1 Å². The number of pyridine rings is 1.